The van der Waals surface area contributed by atoms with E-state index in [1.54, 1.807) is 6.92 Å². The summed E-state index contributed by atoms with van der Waals surface area (Å²) in [6, 6.07) is 7.78. The molecule has 0 aliphatic heterocycles. The van der Waals surface area contributed by atoms with E-state index in [1.165, 1.54) is 0 Å². The van der Waals surface area contributed by atoms with Crippen molar-refractivity contribution in [2.24, 2.45) is 5.92 Å². The van der Waals surface area contributed by atoms with Crippen LogP contribution in [0.4, 0.5) is 0 Å². The topological polar surface area (TPSA) is 46.5 Å². The lowest BCUT2D eigenvalue weighted by molar-refractivity contribution is -0.141. The first kappa shape index (κ1) is 14.6. The average molecular weight is 250 g/mol. The molecule has 3 nitrogen and oxygen atoms in total. The molecule has 0 amide bonds. The van der Waals surface area contributed by atoms with Crippen molar-refractivity contribution in [1.29, 1.82) is 0 Å². The third kappa shape index (κ3) is 3.76. The smallest absolute Gasteiger partial charge is 0.306 e. The van der Waals surface area contributed by atoms with Crippen LogP contribution in [0.2, 0.25) is 0 Å². The van der Waals surface area contributed by atoms with Gasteiger partial charge in [-0.1, -0.05) is 32.9 Å². The van der Waals surface area contributed by atoms with Gasteiger partial charge < -0.3 is 9.84 Å². The Morgan fingerprint density at radius 2 is 2.11 bits per heavy atom. The molecule has 0 saturated heterocycles. The van der Waals surface area contributed by atoms with Crippen LogP contribution in [0.1, 0.15) is 45.1 Å². The van der Waals surface area contributed by atoms with Crippen molar-refractivity contribution < 1.29 is 14.6 Å². The third-order valence-corrected chi connectivity index (χ3v) is 3.19. The molecule has 0 fully saturated rings. The van der Waals surface area contributed by atoms with Crippen molar-refractivity contribution in [3.8, 4) is 5.75 Å². The van der Waals surface area contributed by atoms with Crippen molar-refractivity contribution in [2.45, 2.75) is 39.5 Å². The number of carboxylic acids is 1. The van der Waals surface area contributed by atoms with Crippen LogP contribution < -0.4 is 4.74 Å². The number of aliphatic carboxylic acids is 1. The van der Waals surface area contributed by atoms with Crippen LogP contribution in [0.15, 0.2) is 24.3 Å². The molecule has 0 saturated carbocycles. The van der Waals surface area contributed by atoms with Gasteiger partial charge in [0.05, 0.1) is 12.5 Å². The Kier molecular flexibility index (Phi) is 5.69. The number of hydrogen-bond donors (Lipinski definition) is 1. The fraction of sp³-hybridized carbons (Fsp3) is 0.533. The van der Waals surface area contributed by atoms with Crippen molar-refractivity contribution in [1.82, 2.24) is 0 Å². The predicted molar refractivity (Wildman–Crippen MR) is 72.1 cm³/mol. The van der Waals surface area contributed by atoms with Crippen molar-refractivity contribution in [3.05, 3.63) is 29.8 Å². The number of benzene rings is 1. The van der Waals surface area contributed by atoms with Crippen LogP contribution in [-0.4, -0.2) is 17.7 Å². The maximum absolute atomic E-state index is 11.1. The second-order valence-corrected chi connectivity index (χ2v) is 4.56. The quantitative estimate of drug-likeness (QED) is 0.802. The monoisotopic (exact) mass is 250 g/mol. The van der Waals surface area contributed by atoms with Crippen LogP contribution in [-0.2, 0) is 4.79 Å². The van der Waals surface area contributed by atoms with E-state index < -0.39 is 5.97 Å². The maximum atomic E-state index is 11.1. The zero-order valence-corrected chi connectivity index (χ0v) is 11.3. The van der Waals surface area contributed by atoms with Gasteiger partial charge in [-0.15, -0.1) is 0 Å². The van der Waals surface area contributed by atoms with Gasteiger partial charge in [0.25, 0.3) is 0 Å². The fourth-order valence-corrected chi connectivity index (χ4v) is 2.10. The van der Waals surface area contributed by atoms with Gasteiger partial charge in [-0.05, 0) is 36.5 Å². The highest BCUT2D eigenvalue weighted by atomic mass is 16.5. The standard InChI is InChI=1S/C15H22O3/c1-4-9-18-13-8-6-7-12(10-13)14(5-2)11(3)15(16)17/h6-8,10-11,14H,4-5,9H2,1-3H3,(H,16,17)/t11-,14+/m0/s1. The first-order valence-corrected chi connectivity index (χ1v) is 6.55. The molecule has 3 heteroatoms. The molecule has 1 rings (SSSR count). The number of carbonyl (C=O) groups is 1. The molecule has 2 atom stereocenters. The van der Waals surface area contributed by atoms with Gasteiger partial charge in [-0.25, -0.2) is 0 Å². The molecule has 0 aliphatic carbocycles. The Balaban J connectivity index is 2.88. The van der Waals surface area contributed by atoms with Crippen LogP contribution in [0.25, 0.3) is 0 Å². The van der Waals surface area contributed by atoms with E-state index in [2.05, 4.69) is 6.92 Å². The minimum absolute atomic E-state index is 0.0349. The van der Waals surface area contributed by atoms with E-state index in [1.807, 2.05) is 31.2 Å². The molecule has 0 aromatic heterocycles. The van der Waals surface area contributed by atoms with Gasteiger partial charge in [0.2, 0.25) is 0 Å². The molecular formula is C15H22O3. The molecule has 0 aliphatic rings. The summed E-state index contributed by atoms with van der Waals surface area (Å²) in [5.41, 5.74) is 1.04. The molecule has 0 heterocycles. The van der Waals surface area contributed by atoms with Gasteiger partial charge >= 0.3 is 5.97 Å². The third-order valence-electron chi connectivity index (χ3n) is 3.19. The summed E-state index contributed by atoms with van der Waals surface area (Å²) < 4.78 is 5.58. The lowest BCUT2D eigenvalue weighted by atomic mass is 9.85. The summed E-state index contributed by atoms with van der Waals surface area (Å²) in [4.78, 5) is 11.1. The molecule has 1 N–H and O–H groups in total. The largest absolute Gasteiger partial charge is 0.494 e. The van der Waals surface area contributed by atoms with Gasteiger partial charge in [0, 0.05) is 0 Å². The summed E-state index contributed by atoms with van der Waals surface area (Å²) in [5, 5.41) is 9.12. The first-order valence-electron chi connectivity index (χ1n) is 6.55. The van der Waals surface area contributed by atoms with Crippen LogP contribution in [0, 0.1) is 5.92 Å². The Hall–Kier alpha value is -1.51. The molecule has 0 radical (unpaired) electrons. The molecule has 0 spiro atoms. The van der Waals surface area contributed by atoms with Gasteiger partial charge in [-0.2, -0.15) is 0 Å². The summed E-state index contributed by atoms with van der Waals surface area (Å²) >= 11 is 0. The summed E-state index contributed by atoms with van der Waals surface area (Å²) in [6.07, 6.45) is 1.78. The molecule has 100 valence electrons. The predicted octanol–water partition coefficient (Wildman–Crippen LogP) is 3.69. The van der Waals surface area contributed by atoms with Gasteiger partial charge in [0.1, 0.15) is 5.75 Å². The number of rotatable bonds is 7. The van der Waals surface area contributed by atoms with Crippen molar-refractivity contribution in [3.63, 3.8) is 0 Å². The summed E-state index contributed by atoms with van der Waals surface area (Å²) in [6.45, 7) is 6.53. The minimum Gasteiger partial charge on any atom is -0.494 e. The highest BCUT2D eigenvalue weighted by molar-refractivity contribution is 5.71. The lowest BCUT2D eigenvalue weighted by Crippen LogP contribution is -2.18. The minimum atomic E-state index is -0.748. The number of hydrogen-bond acceptors (Lipinski definition) is 2. The van der Waals surface area contributed by atoms with Gasteiger partial charge in [-0.3, -0.25) is 4.79 Å². The van der Waals surface area contributed by atoms with Crippen LogP contribution in [0.5, 0.6) is 5.75 Å². The van der Waals surface area contributed by atoms with Crippen LogP contribution >= 0.6 is 0 Å². The highest BCUT2D eigenvalue weighted by Gasteiger charge is 2.23. The molecule has 0 unspecified atom stereocenters. The SMILES string of the molecule is CCCOc1cccc([C@H](CC)[C@H](C)C(=O)O)c1. The lowest BCUT2D eigenvalue weighted by Gasteiger charge is -2.20. The van der Waals surface area contributed by atoms with E-state index in [-0.39, 0.29) is 11.8 Å². The first-order chi connectivity index (χ1) is 8.60. The average Bonchev–Trinajstić information content (AvgIpc) is 2.37. The Labute approximate surface area is 109 Å². The highest BCUT2D eigenvalue weighted by Crippen LogP contribution is 2.30. The van der Waals surface area contributed by atoms with E-state index in [0.29, 0.717) is 6.61 Å². The molecule has 1 aromatic carbocycles. The van der Waals surface area contributed by atoms with E-state index in [4.69, 9.17) is 9.84 Å². The second kappa shape index (κ2) is 7.04. The maximum Gasteiger partial charge on any atom is 0.306 e. The Bertz CT molecular complexity index is 387. The molecule has 18 heavy (non-hydrogen) atoms. The fourth-order valence-electron chi connectivity index (χ4n) is 2.10. The van der Waals surface area contributed by atoms with E-state index >= 15 is 0 Å². The van der Waals surface area contributed by atoms with Gasteiger partial charge in [0.15, 0.2) is 0 Å². The zero-order valence-electron chi connectivity index (χ0n) is 11.3. The van der Waals surface area contributed by atoms with Crippen LogP contribution in [0.3, 0.4) is 0 Å². The number of carboxylic acid groups (broad SMARTS) is 1. The second-order valence-electron chi connectivity index (χ2n) is 4.56. The van der Waals surface area contributed by atoms with E-state index in [9.17, 15) is 4.79 Å². The Morgan fingerprint density at radius 3 is 2.67 bits per heavy atom. The summed E-state index contributed by atoms with van der Waals surface area (Å²) in [5.74, 6) is -0.267. The van der Waals surface area contributed by atoms with Crippen molar-refractivity contribution in [2.75, 3.05) is 6.61 Å². The number of ether oxygens (including phenoxy) is 1. The van der Waals surface area contributed by atoms with E-state index in [0.717, 1.165) is 24.2 Å². The zero-order chi connectivity index (χ0) is 13.5. The Morgan fingerprint density at radius 1 is 1.39 bits per heavy atom. The molecular weight excluding hydrogens is 228 g/mol. The summed E-state index contributed by atoms with van der Waals surface area (Å²) in [7, 11) is 0. The van der Waals surface area contributed by atoms with Crippen molar-refractivity contribution >= 4 is 5.97 Å². The molecule has 1 aromatic rings. The molecule has 0 bridgehead atoms. The normalized spacial score (nSPS) is 13.9.